The van der Waals surface area contributed by atoms with E-state index in [9.17, 15) is 14.7 Å². The lowest BCUT2D eigenvalue weighted by atomic mass is 9.95. The van der Waals surface area contributed by atoms with Crippen molar-refractivity contribution in [2.24, 2.45) is 0 Å². The van der Waals surface area contributed by atoms with E-state index in [0.29, 0.717) is 17.7 Å². The lowest BCUT2D eigenvalue weighted by molar-refractivity contribution is -0.129. The van der Waals surface area contributed by atoms with E-state index in [-0.39, 0.29) is 17.9 Å². The molecule has 0 spiro atoms. The molecule has 1 aliphatic rings. The maximum Gasteiger partial charge on any atom is 0.290 e. The molecule has 2 N–H and O–H groups in total. The number of furan rings is 1. The normalized spacial score (nSPS) is 15.8. The number of ether oxygens (including phenoxy) is 2. The summed E-state index contributed by atoms with van der Waals surface area (Å²) in [5.41, 5.74) is 2.62. The van der Waals surface area contributed by atoms with E-state index >= 15 is 0 Å². The molecule has 2 aromatic heterocycles. The van der Waals surface area contributed by atoms with Crippen molar-refractivity contribution < 1.29 is 28.6 Å². The largest absolute Gasteiger partial charge is 0.503 e. The lowest BCUT2D eigenvalue weighted by Gasteiger charge is -2.26. The van der Waals surface area contributed by atoms with E-state index in [1.807, 2.05) is 24.4 Å². The first-order chi connectivity index (χ1) is 17.0. The van der Waals surface area contributed by atoms with Crippen molar-refractivity contribution in [3.05, 3.63) is 95.3 Å². The van der Waals surface area contributed by atoms with Crippen LogP contribution in [0.3, 0.4) is 0 Å². The zero-order chi connectivity index (χ0) is 24.5. The standard InChI is InChI=1S/C27H24N2O6/c1-33-18-7-5-16(6-8-18)24-23(25(30)22-4-3-13-35-22)26(31)27(32)29(24)12-11-17-15-28-21-10-9-19(34-2)14-20(17)21/h3-10,13-15,24,28,31H,11-12H2,1-2H3/t24-/m1/s1. The van der Waals surface area contributed by atoms with Gasteiger partial charge < -0.3 is 28.9 Å². The van der Waals surface area contributed by atoms with Gasteiger partial charge in [-0.1, -0.05) is 12.1 Å². The van der Waals surface area contributed by atoms with Crippen molar-refractivity contribution in [1.29, 1.82) is 0 Å². The molecular weight excluding hydrogens is 448 g/mol. The molecule has 1 atom stereocenters. The molecule has 4 aromatic rings. The Morgan fingerprint density at radius 1 is 1.09 bits per heavy atom. The molecule has 0 bridgehead atoms. The molecular formula is C27H24N2O6. The number of H-pyrrole nitrogens is 1. The molecule has 1 aliphatic heterocycles. The van der Waals surface area contributed by atoms with Crippen LogP contribution in [0.1, 0.15) is 27.7 Å². The molecule has 0 saturated carbocycles. The van der Waals surface area contributed by atoms with Gasteiger partial charge in [0.05, 0.1) is 32.1 Å². The number of carbonyl (C=O) groups is 2. The first-order valence-electron chi connectivity index (χ1n) is 11.1. The number of carbonyl (C=O) groups excluding carboxylic acids is 2. The number of hydrogen-bond donors (Lipinski definition) is 2. The van der Waals surface area contributed by atoms with Crippen LogP contribution in [-0.2, 0) is 11.2 Å². The van der Waals surface area contributed by atoms with Crippen molar-refractivity contribution in [2.75, 3.05) is 20.8 Å². The Kier molecular flexibility index (Phi) is 5.78. The minimum absolute atomic E-state index is 0.00397. The fourth-order valence-corrected chi connectivity index (χ4v) is 4.52. The van der Waals surface area contributed by atoms with Crippen LogP contribution in [0.4, 0.5) is 0 Å². The van der Waals surface area contributed by atoms with E-state index in [1.54, 1.807) is 44.6 Å². The second-order valence-corrected chi connectivity index (χ2v) is 8.22. The molecule has 178 valence electrons. The minimum atomic E-state index is -0.772. The third-order valence-corrected chi connectivity index (χ3v) is 6.32. The van der Waals surface area contributed by atoms with Crippen LogP contribution in [0.25, 0.3) is 10.9 Å². The van der Waals surface area contributed by atoms with E-state index in [2.05, 4.69) is 4.98 Å². The quantitative estimate of drug-likeness (QED) is 0.363. The summed E-state index contributed by atoms with van der Waals surface area (Å²) in [4.78, 5) is 31.2. The van der Waals surface area contributed by atoms with Gasteiger partial charge in [-0.2, -0.15) is 0 Å². The summed E-state index contributed by atoms with van der Waals surface area (Å²) in [6.45, 7) is 0.276. The number of fused-ring (bicyclic) bond motifs is 1. The molecule has 1 amide bonds. The van der Waals surface area contributed by atoms with Gasteiger partial charge in [0, 0.05) is 23.6 Å². The van der Waals surface area contributed by atoms with Crippen molar-refractivity contribution in [3.63, 3.8) is 0 Å². The lowest BCUT2D eigenvalue weighted by Crippen LogP contribution is -2.33. The van der Waals surface area contributed by atoms with Gasteiger partial charge in [0.1, 0.15) is 11.5 Å². The average Bonchev–Trinajstić information content (AvgIpc) is 3.62. The van der Waals surface area contributed by atoms with Gasteiger partial charge in [-0.25, -0.2) is 0 Å². The Balaban J connectivity index is 1.50. The number of aromatic amines is 1. The highest BCUT2D eigenvalue weighted by Gasteiger charge is 2.44. The highest BCUT2D eigenvalue weighted by atomic mass is 16.5. The molecule has 0 saturated heterocycles. The Labute approximate surface area is 201 Å². The summed E-state index contributed by atoms with van der Waals surface area (Å²) in [7, 11) is 3.18. The Hall–Kier alpha value is -4.46. The number of nitrogens with zero attached hydrogens (tertiary/aromatic N) is 1. The average molecular weight is 472 g/mol. The second-order valence-electron chi connectivity index (χ2n) is 8.22. The highest BCUT2D eigenvalue weighted by Crippen LogP contribution is 2.39. The first kappa shape index (κ1) is 22.3. The molecule has 0 unspecified atom stereocenters. The predicted octanol–water partition coefficient (Wildman–Crippen LogP) is 4.60. The van der Waals surface area contributed by atoms with E-state index in [1.165, 1.54) is 17.2 Å². The fraction of sp³-hybridized carbons (Fsp3) is 0.185. The minimum Gasteiger partial charge on any atom is -0.503 e. The second kappa shape index (κ2) is 9.06. The SMILES string of the molecule is COc1ccc([C@@H]2C(C(=O)c3ccco3)=C(O)C(=O)N2CCc2c[nH]c3ccc(OC)cc23)cc1. The summed E-state index contributed by atoms with van der Waals surface area (Å²) < 4.78 is 15.9. The molecule has 5 rings (SSSR count). The molecule has 35 heavy (non-hydrogen) atoms. The number of aliphatic hydroxyl groups excluding tert-OH is 1. The van der Waals surface area contributed by atoms with Crippen LogP contribution in [0.5, 0.6) is 11.5 Å². The number of amides is 1. The maximum absolute atomic E-state index is 13.3. The highest BCUT2D eigenvalue weighted by molar-refractivity contribution is 6.15. The summed E-state index contributed by atoms with van der Waals surface area (Å²) in [6, 6.07) is 15.2. The number of benzene rings is 2. The molecule has 0 fully saturated rings. The number of aliphatic hydroxyl groups is 1. The van der Waals surface area contributed by atoms with Gasteiger partial charge in [-0.15, -0.1) is 0 Å². The van der Waals surface area contributed by atoms with Crippen LogP contribution >= 0.6 is 0 Å². The molecule has 0 aliphatic carbocycles. The van der Waals surface area contributed by atoms with Crippen LogP contribution in [-0.4, -0.2) is 47.4 Å². The van der Waals surface area contributed by atoms with Crippen LogP contribution in [0, 0.1) is 0 Å². The van der Waals surface area contributed by atoms with Crippen LogP contribution in [0.2, 0.25) is 0 Å². The van der Waals surface area contributed by atoms with Gasteiger partial charge >= 0.3 is 0 Å². The fourth-order valence-electron chi connectivity index (χ4n) is 4.52. The Morgan fingerprint density at radius 3 is 2.51 bits per heavy atom. The number of methoxy groups -OCH3 is 2. The predicted molar refractivity (Wildman–Crippen MR) is 129 cm³/mol. The van der Waals surface area contributed by atoms with E-state index in [4.69, 9.17) is 13.9 Å². The number of rotatable bonds is 8. The summed E-state index contributed by atoms with van der Waals surface area (Å²) >= 11 is 0. The Bertz CT molecular complexity index is 1420. The maximum atomic E-state index is 13.3. The van der Waals surface area contributed by atoms with Crippen molar-refractivity contribution in [3.8, 4) is 11.5 Å². The zero-order valence-corrected chi connectivity index (χ0v) is 19.3. The van der Waals surface area contributed by atoms with Gasteiger partial charge in [0.2, 0.25) is 5.78 Å². The smallest absolute Gasteiger partial charge is 0.290 e. The van der Waals surface area contributed by atoms with Gasteiger partial charge in [0.25, 0.3) is 5.91 Å². The first-order valence-corrected chi connectivity index (χ1v) is 11.1. The van der Waals surface area contributed by atoms with Gasteiger partial charge in [-0.05, 0) is 60.0 Å². The van der Waals surface area contributed by atoms with Crippen molar-refractivity contribution in [1.82, 2.24) is 9.88 Å². The van der Waals surface area contributed by atoms with Crippen LogP contribution < -0.4 is 9.47 Å². The van der Waals surface area contributed by atoms with Crippen molar-refractivity contribution >= 4 is 22.6 Å². The zero-order valence-electron chi connectivity index (χ0n) is 19.3. The molecule has 8 heteroatoms. The number of Topliss-reactive ketones (excluding diaryl/α,β-unsaturated/α-hetero) is 1. The van der Waals surface area contributed by atoms with E-state index < -0.39 is 23.5 Å². The number of hydrogen-bond acceptors (Lipinski definition) is 6. The van der Waals surface area contributed by atoms with Gasteiger partial charge in [0.15, 0.2) is 11.5 Å². The Morgan fingerprint density at radius 2 is 1.83 bits per heavy atom. The van der Waals surface area contributed by atoms with Crippen molar-refractivity contribution in [2.45, 2.75) is 12.5 Å². The molecule has 3 heterocycles. The number of aromatic nitrogens is 1. The third-order valence-electron chi connectivity index (χ3n) is 6.32. The third kappa shape index (κ3) is 3.93. The molecule has 0 radical (unpaired) electrons. The molecule has 8 nitrogen and oxygen atoms in total. The monoisotopic (exact) mass is 472 g/mol. The van der Waals surface area contributed by atoms with E-state index in [0.717, 1.165) is 22.2 Å². The summed E-state index contributed by atoms with van der Waals surface area (Å²) in [6.07, 6.45) is 3.78. The number of ketones is 1. The molecule has 2 aromatic carbocycles. The van der Waals surface area contributed by atoms with Crippen LogP contribution in [0.15, 0.2) is 82.8 Å². The summed E-state index contributed by atoms with van der Waals surface area (Å²) in [5, 5.41) is 11.8. The number of nitrogens with one attached hydrogen (secondary N) is 1. The van der Waals surface area contributed by atoms with Gasteiger partial charge in [-0.3, -0.25) is 9.59 Å². The summed E-state index contributed by atoms with van der Waals surface area (Å²) in [5.74, 6) is -0.253. The topological polar surface area (TPSA) is 105 Å².